The largest absolute Gasteiger partial charge is 0.317 e. The number of carbonyl (C=O) groups excluding carboxylic acids is 1. The Kier molecular flexibility index (Phi) is 6.25. The second-order valence-electron chi connectivity index (χ2n) is 7.78. The standard InChI is InChI=1S/C22H25N3OS2.ClH/c1-2-25-12-11-15-18(13-25)28-22(24-20(26)14-7-3-4-8-14)19(15)21-23-16-9-5-6-10-17(16)27-21;/h5-6,9-10,14H,2-4,7-8,11-13H2,1H3,(H,24,26);1H. The second kappa shape index (κ2) is 8.72. The summed E-state index contributed by atoms with van der Waals surface area (Å²) in [7, 11) is 0. The highest BCUT2D eigenvalue weighted by atomic mass is 35.5. The molecule has 3 heterocycles. The van der Waals surface area contributed by atoms with Gasteiger partial charge in [-0.3, -0.25) is 9.69 Å². The van der Waals surface area contributed by atoms with E-state index in [4.69, 9.17) is 4.98 Å². The van der Waals surface area contributed by atoms with Crippen LogP contribution in [0.2, 0.25) is 0 Å². The van der Waals surface area contributed by atoms with Crippen molar-refractivity contribution in [3.05, 3.63) is 34.7 Å². The molecular formula is C22H26ClN3OS2. The van der Waals surface area contributed by atoms with Crippen LogP contribution >= 0.6 is 35.1 Å². The number of hydrogen-bond acceptors (Lipinski definition) is 5. The molecule has 0 unspecified atom stereocenters. The Morgan fingerprint density at radius 1 is 1.24 bits per heavy atom. The Hall–Kier alpha value is -1.47. The lowest BCUT2D eigenvalue weighted by Gasteiger charge is -2.25. The average Bonchev–Trinajstić information content (AvgIpc) is 3.44. The summed E-state index contributed by atoms with van der Waals surface area (Å²) >= 11 is 3.50. The molecule has 0 saturated heterocycles. The number of aromatic nitrogens is 1. The molecule has 5 rings (SSSR count). The Balaban J connectivity index is 0.00000205. The molecule has 1 saturated carbocycles. The number of nitrogens with one attached hydrogen (secondary N) is 1. The Labute approximate surface area is 185 Å². The van der Waals surface area contributed by atoms with Gasteiger partial charge in [0.1, 0.15) is 10.0 Å². The molecule has 154 valence electrons. The lowest BCUT2D eigenvalue weighted by molar-refractivity contribution is -0.119. The molecule has 2 aliphatic rings. The number of para-hydroxylation sites is 1. The van der Waals surface area contributed by atoms with Gasteiger partial charge >= 0.3 is 0 Å². The van der Waals surface area contributed by atoms with Crippen molar-refractivity contribution in [3.63, 3.8) is 0 Å². The van der Waals surface area contributed by atoms with Crippen LogP contribution in [0.15, 0.2) is 24.3 Å². The normalized spacial score (nSPS) is 17.3. The number of likely N-dealkylation sites (N-methyl/N-ethyl adjacent to an activating group) is 1. The SMILES string of the molecule is CCN1CCc2c(sc(NC(=O)C3CCCC3)c2-c2nc3ccccc3s2)C1.Cl. The lowest BCUT2D eigenvalue weighted by atomic mass is 10.0. The Morgan fingerprint density at radius 2 is 2.03 bits per heavy atom. The third-order valence-corrected chi connectivity index (χ3v) is 8.24. The van der Waals surface area contributed by atoms with Gasteiger partial charge in [0.25, 0.3) is 0 Å². The molecule has 2 aromatic heterocycles. The van der Waals surface area contributed by atoms with E-state index in [0.717, 1.165) is 54.4 Å². The van der Waals surface area contributed by atoms with E-state index in [1.54, 1.807) is 22.7 Å². The minimum atomic E-state index is 0. The summed E-state index contributed by atoms with van der Waals surface area (Å²) in [6, 6.07) is 8.31. The molecule has 1 fully saturated rings. The van der Waals surface area contributed by atoms with Crippen molar-refractivity contribution < 1.29 is 4.79 Å². The van der Waals surface area contributed by atoms with Gasteiger partial charge < -0.3 is 5.32 Å². The predicted octanol–water partition coefficient (Wildman–Crippen LogP) is 5.95. The zero-order chi connectivity index (χ0) is 19.1. The minimum Gasteiger partial charge on any atom is -0.317 e. The van der Waals surface area contributed by atoms with E-state index in [1.165, 1.54) is 33.5 Å². The van der Waals surface area contributed by atoms with Crippen LogP contribution in [0, 0.1) is 5.92 Å². The molecule has 29 heavy (non-hydrogen) atoms. The molecule has 0 bridgehead atoms. The van der Waals surface area contributed by atoms with Crippen LogP contribution in [0.3, 0.4) is 0 Å². The van der Waals surface area contributed by atoms with Gasteiger partial charge in [0, 0.05) is 29.4 Å². The maximum atomic E-state index is 12.9. The number of fused-ring (bicyclic) bond motifs is 2. The summed E-state index contributed by atoms with van der Waals surface area (Å²) in [6.45, 7) is 5.34. The first-order valence-electron chi connectivity index (χ1n) is 10.3. The molecule has 1 N–H and O–H groups in total. The first-order chi connectivity index (χ1) is 13.7. The molecule has 1 aromatic carbocycles. The molecule has 1 aliphatic heterocycles. The number of benzene rings is 1. The van der Waals surface area contributed by atoms with E-state index in [2.05, 4.69) is 35.3 Å². The van der Waals surface area contributed by atoms with Gasteiger partial charge in [0.2, 0.25) is 5.91 Å². The minimum absolute atomic E-state index is 0. The molecule has 7 heteroatoms. The van der Waals surface area contributed by atoms with Crippen LogP contribution in [-0.4, -0.2) is 28.9 Å². The van der Waals surface area contributed by atoms with Crippen LogP contribution in [0.25, 0.3) is 20.8 Å². The number of rotatable bonds is 4. The van der Waals surface area contributed by atoms with E-state index in [9.17, 15) is 4.79 Å². The maximum absolute atomic E-state index is 12.9. The van der Waals surface area contributed by atoms with Crippen LogP contribution in [0.5, 0.6) is 0 Å². The number of anilines is 1. The summed E-state index contributed by atoms with van der Waals surface area (Å²) < 4.78 is 1.21. The average molecular weight is 448 g/mol. The van der Waals surface area contributed by atoms with Gasteiger partial charge in [0.15, 0.2) is 0 Å². The van der Waals surface area contributed by atoms with Gasteiger partial charge in [-0.1, -0.05) is 31.9 Å². The molecule has 0 radical (unpaired) electrons. The van der Waals surface area contributed by atoms with E-state index in [1.807, 2.05) is 6.07 Å². The fraction of sp³-hybridized carbons (Fsp3) is 0.455. The zero-order valence-electron chi connectivity index (χ0n) is 16.6. The highest BCUT2D eigenvalue weighted by molar-refractivity contribution is 7.22. The van der Waals surface area contributed by atoms with Crippen molar-refractivity contribution in [3.8, 4) is 10.6 Å². The van der Waals surface area contributed by atoms with Crippen LogP contribution < -0.4 is 5.32 Å². The van der Waals surface area contributed by atoms with Gasteiger partial charge in [0.05, 0.1) is 10.2 Å². The number of halogens is 1. The molecule has 1 amide bonds. The monoisotopic (exact) mass is 447 g/mol. The topological polar surface area (TPSA) is 45.2 Å². The number of carbonyl (C=O) groups is 1. The molecule has 0 spiro atoms. The van der Waals surface area contributed by atoms with Gasteiger partial charge in [-0.25, -0.2) is 4.98 Å². The molecule has 4 nitrogen and oxygen atoms in total. The molecule has 1 aliphatic carbocycles. The number of thiophene rings is 1. The van der Waals surface area contributed by atoms with E-state index in [-0.39, 0.29) is 24.2 Å². The quantitative estimate of drug-likeness (QED) is 0.537. The number of thiazole rings is 1. The second-order valence-corrected chi connectivity index (χ2v) is 9.92. The van der Waals surface area contributed by atoms with Crippen molar-refractivity contribution in [1.29, 1.82) is 0 Å². The summed E-state index contributed by atoms with van der Waals surface area (Å²) in [5.74, 6) is 0.375. The highest BCUT2D eigenvalue weighted by Crippen LogP contribution is 2.46. The van der Waals surface area contributed by atoms with Gasteiger partial charge in [-0.15, -0.1) is 35.1 Å². The first-order valence-corrected chi connectivity index (χ1v) is 11.9. The lowest BCUT2D eigenvalue weighted by Crippen LogP contribution is -2.29. The summed E-state index contributed by atoms with van der Waals surface area (Å²) in [5, 5.41) is 5.37. The maximum Gasteiger partial charge on any atom is 0.228 e. The predicted molar refractivity (Wildman–Crippen MR) is 125 cm³/mol. The Bertz CT molecular complexity index is 989. The highest BCUT2D eigenvalue weighted by Gasteiger charge is 2.29. The van der Waals surface area contributed by atoms with E-state index in [0.29, 0.717) is 0 Å². The van der Waals surface area contributed by atoms with Crippen molar-refractivity contribution in [1.82, 2.24) is 9.88 Å². The third kappa shape index (κ3) is 3.96. The van der Waals surface area contributed by atoms with E-state index >= 15 is 0 Å². The first kappa shape index (κ1) is 20.8. The Morgan fingerprint density at radius 3 is 2.79 bits per heavy atom. The van der Waals surface area contributed by atoms with Crippen molar-refractivity contribution in [2.75, 3.05) is 18.4 Å². The van der Waals surface area contributed by atoms with Gasteiger partial charge in [-0.05, 0) is 43.5 Å². The summed E-state index contributed by atoms with van der Waals surface area (Å²) in [4.78, 5) is 21.7. The van der Waals surface area contributed by atoms with E-state index < -0.39 is 0 Å². The van der Waals surface area contributed by atoms with Gasteiger partial charge in [-0.2, -0.15) is 0 Å². The van der Waals surface area contributed by atoms with Crippen LogP contribution in [0.1, 0.15) is 43.0 Å². The molecule has 3 aromatic rings. The van der Waals surface area contributed by atoms with Crippen molar-refractivity contribution in [2.45, 2.75) is 45.6 Å². The molecular weight excluding hydrogens is 422 g/mol. The fourth-order valence-corrected chi connectivity index (χ4v) is 6.83. The summed E-state index contributed by atoms with van der Waals surface area (Å²) in [5.41, 5.74) is 3.63. The third-order valence-electron chi connectivity index (χ3n) is 6.05. The fourth-order valence-electron chi connectivity index (χ4n) is 4.42. The number of amides is 1. The zero-order valence-corrected chi connectivity index (χ0v) is 19.0. The van der Waals surface area contributed by atoms with Crippen LogP contribution in [-0.2, 0) is 17.8 Å². The van der Waals surface area contributed by atoms with Crippen molar-refractivity contribution >= 4 is 56.2 Å². The number of nitrogens with zero attached hydrogens (tertiary/aromatic N) is 2. The molecule has 0 atom stereocenters. The number of hydrogen-bond donors (Lipinski definition) is 1. The summed E-state index contributed by atoms with van der Waals surface area (Å²) in [6.07, 6.45) is 5.43. The van der Waals surface area contributed by atoms with Crippen molar-refractivity contribution in [2.24, 2.45) is 5.92 Å². The van der Waals surface area contributed by atoms with Crippen LogP contribution in [0.4, 0.5) is 5.00 Å². The smallest absolute Gasteiger partial charge is 0.228 e.